The lowest BCUT2D eigenvalue weighted by Gasteiger charge is -2.29. The van der Waals surface area contributed by atoms with Gasteiger partial charge in [0, 0.05) is 29.0 Å². The van der Waals surface area contributed by atoms with Gasteiger partial charge in [0.2, 0.25) is 5.91 Å². The molecule has 2 aromatic rings. The van der Waals surface area contributed by atoms with Crippen molar-refractivity contribution in [2.24, 2.45) is 0 Å². The molecule has 3 N–H and O–H groups in total. The van der Waals surface area contributed by atoms with E-state index in [4.69, 9.17) is 16.3 Å². The van der Waals surface area contributed by atoms with Gasteiger partial charge in [-0.05, 0) is 55.2 Å². The molecule has 1 saturated heterocycles. The number of nitrogens with zero attached hydrogens (tertiary/aromatic N) is 1. The average Bonchev–Trinajstić information content (AvgIpc) is 3.08. The summed E-state index contributed by atoms with van der Waals surface area (Å²) in [6.45, 7) is 5.72. The Morgan fingerprint density at radius 2 is 2.03 bits per heavy atom. The Kier molecular flexibility index (Phi) is 6.88. The van der Waals surface area contributed by atoms with Crippen molar-refractivity contribution in [1.29, 1.82) is 0 Å². The van der Waals surface area contributed by atoms with Crippen LogP contribution < -0.4 is 20.7 Å². The highest BCUT2D eigenvalue weighted by Crippen LogP contribution is 2.25. The van der Waals surface area contributed by atoms with Crippen LogP contribution in [0.4, 0.5) is 10.5 Å². The number of hydrogen-bond donors (Lipinski definition) is 3. The van der Waals surface area contributed by atoms with E-state index in [1.54, 1.807) is 42.5 Å². The third-order valence-electron chi connectivity index (χ3n) is 5.58. The van der Waals surface area contributed by atoms with Crippen molar-refractivity contribution >= 4 is 41.1 Å². The van der Waals surface area contributed by atoms with Crippen molar-refractivity contribution in [3.8, 4) is 5.75 Å². The fraction of sp³-hybridized carbons (Fsp3) is 0.200. The number of benzene rings is 2. The van der Waals surface area contributed by atoms with Crippen molar-refractivity contribution in [3.63, 3.8) is 0 Å². The van der Waals surface area contributed by atoms with Gasteiger partial charge in [-0.3, -0.25) is 19.3 Å². The Hall–Kier alpha value is -4.11. The normalized spacial score (nSPS) is 17.7. The number of halogens is 1. The molecule has 1 unspecified atom stereocenters. The van der Waals surface area contributed by atoms with Crippen LogP contribution in [0.2, 0.25) is 5.02 Å². The van der Waals surface area contributed by atoms with E-state index in [1.807, 2.05) is 6.92 Å². The second-order valence-electron chi connectivity index (χ2n) is 8.20. The van der Waals surface area contributed by atoms with E-state index in [2.05, 4.69) is 22.5 Å². The SMILES string of the molecule is C=C1CCC(N2C(=O)C=C(Nc3cccc(CNC(=O)Oc4ccc(C)c(Cl)c4)c3)C2=O)C(=O)N1. The summed E-state index contributed by atoms with van der Waals surface area (Å²) in [7, 11) is 0. The van der Waals surface area contributed by atoms with Crippen molar-refractivity contribution in [1.82, 2.24) is 15.5 Å². The van der Waals surface area contributed by atoms with Crippen molar-refractivity contribution < 1.29 is 23.9 Å². The monoisotopic (exact) mass is 494 g/mol. The first kappa shape index (κ1) is 24.0. The van der Waals surface area contributed by atoms with Gasteiger partial charge in [-0.2, -0.15) is 0 Å². The molecule has 4 amide bonds. The third-order valence-corrected chi connectivity index (χ3v) is 5.99. The quantitative estimate of drug-likeness (QED) is 0.530. The van der Waals surface area contributed by atoms with Crippen LogP contribution in [0.1, 0.15) is 24.0 Å². The van der Waals surface area contributed by atoms with Gasteiger partial charge in [-0.25, -0.2) is 4.79 Å². The van der Waals surface area contributed by atoms with E-state index in [-0.39, 0.29) is 12.2 Å². The molecule has 4 rings (SSSR count). The number of nitrogens with one attached hydrogen (secondary N) is 3. The summed E-state index contributed by atoms with van der Waals surface area (Å²) in [5.41, 5.74) is 2.77. The number of amides is 4. The fourth-order valence-electron chi connectivity index (χ4n) is 3.75. The highest BCUT2D eigenvalue weighted by atomic mass is 35.5. The Morgan fingerprint density at radius 3 is 2.77 bits per heavy atom. The molecule has 2 aromatic carbocycles. The summed E-state index contributed by atoms with van der Waals surface area (Å²) in [5, 5.41) is 8.67. The van der Waals surface area contributed by atoms with Crippen molar-refractivity contribution in [2.45, 2.75) is 32.4 Å². The largest absolute Gasteiger partial charge is 0.412 e. The van der Waals surface area contributed by atoms with E-state index in [0.717, 1.165) is 16.0 Å². The number of carbonyl (C=O) groups excluding carboxylic acids is 4. The van der Waals surface area contributed by atoms with Crippen LogP contribution in [0.5, 0.6) is 5.75 Å². The molecule has 2 heterocycles. The first-order valence-corrected chi connectivity index (χ1v) is 11.2. The molecule has 1 fully saturated rings. The lowest BCUT2D eigenvalue weighted by atomic mass is 10.0. The number of carbonyl (C=O) groups is 4. The fourth-order valence-corrected chi connectivity index (χ4v) is 3.92. The summed E-state index contributed by atoms with van der Waals surface area (Å²) in [5.74, 6) is -1.23. The topological polar surface area (TPSA) is 117 Å². The van der Waals surface area contributed by atoms with Crippen LogP contribution in [0.3, 0.4) is 0 Å². The smallest absolute Gasteiger partial charge is 0.410 e. The second kappa shape index (κ2) is 10.0. The molecule has 10 heteroatoms. The number of piperidine rings is 1. The van der Waals surface area contributed by atoms with Gasteiger partial charge in [0.1, 0.15) is 17.5 Å². The highest BCUT2D eigenvalue weighted by molar-refractivity contribution is 6.31. The summed E-state index contributed by atoms with van der Waals surface area (Å²) < 4.78 is 5.24. The van der Waals surface area contributed by atoms with Gasteiger partial charge >= 0.3 is 6.09 Å². The lowest BCUT2D eigenvalue weighted by molar-refractivity contribution is -0.146. The summed E-state index contributed by atoms with van der Waals surface area (Å²) in [6.07, 6.45) is 1.35. The van der Waals surface area contributed by atoms with Crippen LogP contribution in [0.15, 0.2) is 66.5 Å². The molecule has 0 spiro atoms. The number of aryl methyl sites for hydroxylation is 1. The number of ether oxygens (including phenoxy) is 1. The number of allylic oxidation sites excluding steroid dienone is 1. The minimum absolute atomic E-state index is 0.0629. The number of rotatable bonds is 6. The van der Waals surface area contributed by atoms with Crippen LogP contribution in [0, 0.1) is 6.92 Å². The Morgan fingerprint density at radius 1 is 1.23 bits per heavy atom. The minimum Gasteiger partial charge on any atom is -0.410 e. The molecule has 180 valence electrons. The maximum atomic E-state index is 12.9. The molecule has 0 aromatic heterocycles. The number of anilines is 1. The van der Waals surface area contributed by atoms with Crippen LogP contribution in [-0.4, -0.2) is 34.8 Å². The van der Waals surface area contributed by atoms with E-state index >= 15 is 0 Å². The van der Waals surface area contributed by atoms with Crippen LogP contribution >= 0.6 is 11.6 Å². The van der Waals surface area contributed by atoms with Crippen LogP contribution in [0.25, 0.3) is 0 Å². The van der Waals surface area contributed by atoms with Gasteiger partial charge in [-0.15, -0.1) is 0 Å². The van der Waals surface area contributed by atoms with E-state index < -0.39 is 29.9 Å². The van der Waals surface area contributed by atoms with E-state index in [1.165, 1.54) is 6.08 Å². The van der Waals surface area contributed by atoms with Gasteiger partial charge in [0.15, 0.2) is 0 Å². The van der Waals surface area contributed by atoms with Crippen LogP contribution in [-0.2, 0) is 20.9 Å². The lowest BCUT2D eigenvalue weighted by Crippen LogP contribution is -2.52. The zero-order valence-electron chi connectivity index (χ0n) is 18.9. The van der Waals surface area contributed by atoms with Crippen molar-refractivity contribution in [3.05, 3.63) is 82.7 Å². The molecular formula is C25H23ClN4O5. The van der Waals surface area contributed by atoms with Gasteiger partial charge in [-0.1, -0.05) is 36.4 Å². The molecule has 9 nitrogen and oxygen atoms in total. The molecule has 0 saturated carbocycles. The maximum Gasteiger partial charge on any atom is 0.412 e. The Bertz CT molecular complexity index is 1270. The van der Waals surface area contributed by atoms with E-state index in [9.17, 15) is 19.2 Å². The molecule has 2 aliphatic rings. The molecule has 2 aliphatic heterocycles. The Balaban J connectivity index is 1.35. The molecule has 0 bridgehead atoms. The second-order valence-corrected chi connectivity index (χ2v) is 8.61. The summed E-state index contributed by atoms with van der Waals surface area (Å²) >= 11 is 6.05. The Labute approximate surface area is 206 Å². The number of imide groups is 1. The van der Waals surface area contributed by atoms with Crippen molar-refractivity contribution in [2.75, 3.05) is 5.32 Å². The average molecular weight is 495 g/mol. The summed E-state index contributed by atoms with van der Waals surface area (Å²) in [4.78, 5) is 50.7. The first-order valence-electron chi connectivity index (χ1n) is 10.9. The van der Waals surface area contributed by atoms with Gasteiger partial charge in [0.25, 0.3) is 11.8 Å². The molecule has 1 atom stereocenters. The zero-order valence-corrected chi connectivity index (χ0v) is 19.6. The third kappa shape index (κ3) is 5.52. The van der Waals surface area contributed by atoms with Gasteiger partial charge < -0.3 is 20.7 Å². The van der Waals surface area contributed by atoms with Gasteiger partial charge in [0.05, 0.1) is 0 Å². The molecular weight excluding hydrogens is 472 g/mol. The predicted molar refractivity (Wildman–Crippen MR) is 129 cm³/mol. The minimum atomic E-state index is -0.874. The number of hydrogen-bond acceptors (Lipinski definition) is 6. The molecule has 0 radical (unpaired) electrons. The highest BCUT2D eigenvalue weighted by Gasteiger charge is 2.41. The standard InChI is InChI=1S/C25H23ClN4O5/c1-14-6-8-18(11-19(14)26)35-25(34)27-13-16-4-3-5-17(10-16)29-20-12-22(31)30(24(20)33)21-9-7-15(2)28-23(21)32/h3-6,8,10-12,21,29H,2,7,9,13H2,1H3,(H,27,34)(H,28,32). The maximum absolute atomic E-state index is 12.9. The summed E-state index contributed by atoms with van der Waals surface area (Å²) in [6, 6.07) is 11.1. The zero-order chi connectivity index (χ0) is 25.1. The molecule has 35 heavy (non-hydrogen) atoms. The van der Waals surface area contributed by atoms with E-state index in [0.29, 0.717) is 35.0 Å². The first-order chi connectivity index (χ1) is 16.7. The molecule has 0 aliphatic carbocycles. The predicted octanol–water partition coefficient (Wildman–Crippen LogP) is 3.39.